The lowest BCUT2D eigenvalue weighted by Crippen LogP contribution is -2.10. The van der Waals surface area contributed by atoms with Gasteiger partial charge in [-0.25, -0.2) is 4.98 Å². The third-order valence-electron chi connectivity index (χ3n) is 2.49. The second-order valence-electron chi connectivity index (χ2n) is 4.00. The standard InChI is InChI=1S/C11H16N6/c1-16(2)11-5-4-9(6-13-11)12-7-10-8-14-15-17(10)3/h4-6,8,12H,7H2,1-3H3. The average molecular weight is 232 g/mol. The van der Waals surface area contributed by atoms with Crippen LogP contribution in [0.4, 0.5) is 11.5 Å². The van der Waals surface area contributed by atoms with E-state index in [4.69, 9.17) is 0 Å². The Morgan fingerprint density at radius 3 is 2.65 bits per heavy atom. The fourth-order valence-electron chi connectivity index (χ4n) is 1.42. The van der Waals surface area contributed by atoms with Crippen LogP contribution in [0.2, 0.25) is 0 Å². The Hall–Kier alpha value is -2.11. The van der Waals surface area contributed by atoms with Crippen molar-refractivity contribution in [1.82, 2.24) is 20.0 Å². The first-order valence-electron chi connectivity index (χ1n) is 5.37. The molecule has 6 nitrogen and oxygen atoms in total. The molecule has 0 aromatic carbocycles. The third kappa shape index (κ3) is 2.72. The summed E-state index contributed by atoms with van der Waals surface area (Å²) in [6, 6.07) is 3.98. The molecule has 0 aliphatic carbocycles. The van der Waals surface area contributed by atoms with Crippen LogP contribution in [0.15, 0.2) is 24.5 Å². The Kier molecular flexibility index (Phi) is 3.22. The lowest BCUT2D eigenvalue weighted by Gasteiger charge is -2.12. The summed E-state index contributed by atoms with van der Waals surface area (Å²) in [6.45, 7) is 0.687. The molecule has 2 aromatic heterocycles. The highest BCUT2D eigenvalue weighted by molar-refractivity contribution is 5.47. The zero-order valence-corrected chi connectivity index (χ0v) is 10.3. The number of anilines is 2. The third-order valence-corrected chi connectivity index (χ3v) is 2.49. The lowest BCUT2D eigenvalue weighted by molar-refractivity contribution is 0.683. The van der Waals surface area contributed by atoms with Gasteiger partial charge in [-0.1, -0.05) is 5.21 Å². The molecule has 0 unspecified atom stereocenters. The van der Waals surface area contributed by atoms with Gasteiger partial charge in [-0.05, 0) is 12.1 Å². The van der Waals surface area contributed by atoms with Crippen LogP contribution < -0.4 is 10.2 Å². The second kappa shape index (κ2) is 4.82. The van der Waals surface area contributed by atoms with Crippen LogP contribution in [0.3, 0.4) is 0 Å². The Labute approximate surface area is 100 Å². The van der Waals surface area contributed by atoms with Crippen molar-refractivity contribution >= 4 is 11.5 Å². The predicted molar refractivity (Wildman–Crippen MR) is 66.9 cm³/mol. The van der Waals surface area contributed by atoms with Gasteiger partial charge in [0.15, 0.2) is 0 Å². The number of rotatable bonds is 4. The van der Waals surface area contributed by atoms with E-state index in [1.165, 1.54) is 0 Å². The van der Waals surface area contributed by atoms with Crippen LogP contribution in [0, 0.1) is 0 Å². The molecule has 90 valence electrons. The molecule has 0 amide bonds. The number of pyridine rings is 1. The smallest absolute Gasteiger partial charge is 0.128 e. The fraction of sp³-hybridized carbons (Fsp3) is 0.364. The molecule has 0 atom stereocenters. The number of aromatic nitrogens is 4. The maximum absolute atomic E-state index is 4.33. The van der Waals surface area contributed by atoms with Crippen molar-refractivity contribution in [2.45, 2.75) is 6.54 Å². The van der Waals surface area contributed by atoms with E-state index in [9.17, 15) is 0 Å². The molecule has 2 rings (SSSR count). The number of hydrogen-bond donors (Lipinski definition) is 1. The molecule has 6 heteroatoms. The molecule has 0 aliphatic heterocycles. The maximum Gasteiger partial charge on any atom is 0.128 e. The first kappa shape index (κ1) is 11.4. The van der Waals surface area contributed by atoms with Gasteiger partial charge in [0, 0.05) is 21.1 Å². The van der Waals surface area contributed by atoms with Crippen LogP contribution in [0.1, 0.15) is 5.69 Å². The van der Waals surface area contributed by atoms with E-state index in [0.29, 0.717) is 6.54 Å². The number of hydrogen-bond acceptors (Lipinski definition) is 5. The van der Waals surface area contributed by atoms with Crippen molar-refractivity contribution in [3.05, 3.63) is 30.2 Å². The van der Waals surface area contributed by atoms with Gasteiger partial charge in [-0.3, -0.25) is 4.68 Å². The summed E-state index contributed by atoms with van der Waals surface area (Å²) < 4.78 is 1.74. The van der Waals surface area contributed by atoms with Crippen molar-refractivity contribution in [2.24, 2.45) is 7.05 Å². The number of aryl methyl sites for hydroxylation is 1. The Bertz CT molecular complexity index is 473. The summed E-state index contributed by atoms with van der Waals surface area (Å²) in [5.41, 5.74) is 2.01. The Morgan fingerprint density at radius 1 is 1.29 bits per heavy atom. The normalized spacial score (nSPS) is 10.3. The van der Waals surface area contributed by atoms with E-state index in [1.54, 1.807) is 10.9 Å². The van der Waals surface area contributed by atoms with Crippen molar-refractivity contribution in [2.75, 3.05) is 24.3 Å². The number of nitrogens with zero attached hydrogens (tertiary/aromatic N) is 5. The summed E-state index contributed by atoms with van der Waals surface area (Å²) in [5, 5.41) is 11.0. The molecule has 17 heavy (non-hydrogen) atoms. The van der Waals surface area contributed by atoms with E-state index < -0.39 is 0 Å². The topological polar surface area (TPSA) is 58.9 Å². The fourth-order valence-corrected chi connectivity index (χ4v) is 1.42. The summed E-state index contributed by atoms with van der Waals surface area (Å²) in [7, 11) is 5.81. The second-order valence-corrected chi connectivity index (χ2v) is 4.00. The van der Waals surface area contributed by atoms with Crippen LogP contribution in [0.5, 0.6) is 0 Å². The molecule has 0 fully saturated rings. The molecule has 0 bridgehead atoms. The summed E-state index contributed by atoms with van der Waals surface area (Å²) in [5.74, 6) is 0.942. The maximum atomic E-state index is 4.33. The molecule has 0 aliphatic rings. The summed E-state index contributed by atoms with van der Waals surface area (Å²) in [4.78, 5) is 6.29. The summed E-state index contributed by atoms with van der Waals surface area (Å²) >= 11 is 0. The predicted octanol–water partition coefficient (Wildman–Crippen LogP) is 0.888. The zero-order chi connectivity index (χ0) is 12.3. The minimum absolute atomic E-state index is 0.687. The largest absolute Gasteiger partial charge is 0.378 e. The van der Waals surface area contributed by atoms with E-state index >= 15 is 0 Å². The van der Waals surface area contributed by atoms with Gasteiger partial charge in [0.25, 0.3) is 0 Å². The van der Waals surface area contributed by atoms with Crippen molar-refractivity contribution < 1.29 is 0 Å². The van der Waals surface area contributed by atoms with Gasteiger partial charge >= 0.3 is 0 Å². The van der Waals surface area contributed by atoms with E-state index in [0.717, 1.165) is 17.2 Å². The minimum Gasteiger partial charge on any atom is -0.378 e. The molecular weight excluding hydrogens is 216 g/mol. The van der Waals surface area contributed by atoms with Gasteiger partial charge in [-0.15, -0.1) is 5.10 Å². The molecule has 0 radical (unpaired) electrons. The van der Waals surface area contributed by atoms with Crippen LogP contribution >= 0.6 is 0 Å². The van der Waals surface area contributed by atoms with Gasteiger partial charge in [-0.2, -0.15) is 0 Å². The molecule has 0 spiro atoms. The highest BCUT2D eigenvalue weighted by atomic mass is 15.4. The molecule has 0 saturated carbocycles. The van der Waals surface area contributed by atoms with Crippen LogP contribution in [0.25, 0.3) is 0 Å². The van der Waals surface area contributed by atoms with Gasteiger partial charge < -0.3 is 10.2 Å². The molecule has 1 N–H and O–H groups in total. The quantitative estimate of drug-likeness (QED) is 0.848. The minimum atomic E-state index is 0.687. The average Bonchev–Trinajstić information content (AvgIpc) is 2.73. The van der Waals surface area contributed by atoms with Gasteiger partial charge in [0.2, 0.25) is 0 Å². The molecule has 2 aromatic rings. The van der Waals surface area contributed by atoms with Gasteiger partial charge in [0.1, 0.15) is 5.82 Å². The van der Waals surface area contributed by atoms with Crippen molar-refractivity contribution in [3.8, 4) is 0 Å². The molecule has 2 heterocycles. The van der Waals surface area contributed by atoms with Crippen molar-refractivity contribution in [1.29, 1.82) is 0 Å². The Balaban J connectivity index is 1.98. The molecule has 0 saturated heterocycles. The van der Waals surface area contributed by atoms with Crippen LogP contribution in [-0.4, -0.2) is 34.1 Å². The molecular formula is C11H16N6. The van der Waals surface area contributed by atoms with E-state index in [1.807, 2.05) is 44.4 Å². The first-order valence-corrected chi connectivity index (χ1v) is 5.37. The lowest BCUT2D eigenvalue weighted by atomic mass is 10.3. The van der Waals surface area contributed by atoms with Crippen molar-refractivity contribution in [3.63, 3.8) is 0 Å². The zero-order valence-electron chi connectivity index (χ0n) is 10.3. The first-order chi connectivity index (χ1) is 8.16. The summed E-state index contributed by atoms with van der Waals surface area (Å²) in [6.07, 6.45) is 3.56. The van der Waals surface area contributed by atoms with Crippen LogP contribution in [-0.2, 0) is 13.6 Å². The highest BCUT2D eigenvalue weighted by Gasteiger charge is 2.00. The monoisotopic (exact) mass is 232 g/mol. The van der Waals surface area contributed by atoms with E-state index in [2.05, 4.69) is 20.6 Å². The van der Waals surface area contributed by atoms with E-state index in [-0.39, 0.29) is 0 Å². The van der Waals surface area contributed by atoms with Gasteiger partial charge in [0.05, 0.1) is 30.3 Å². The number of nitrogens with one attached hydrogen (secondary N) is 1. The Morgan fingerprint density at radius 2 is 2.12 bits per heavy atom. The highest BCUT2D eigenvalue weighted by Crippen LogP contribution is 2.12. The SMILES string of the molecule is CN(C)c1ccc(NCc2cnnn2C)cn1.